The third kappa shape index (κ3) is 4.67. The maximum Gasteiger partial charge on any atom is 0.243 e. The van der Waals surface area contributed by atoms with Crippen LogP contribution in [0.15, 0.2) is 65.6 Å². The average molecular weight is 491 g/mol. The van der Waals surface area contributed by atoms with E-state index in [0.717, 1.165) is 52.4 Å². The van der Waals surface area contributed by atoms with Gasteiger partial charge in [0.1, 0.15) is 5.82 Å². The second kappa shape index (κ2) is 9.41. The molecule has 3 heterocycles. The molecule has 0 unspecified atom stereocenters. The molecule has 0 amide bonds. The maximum absolute atomic E-state index is 13.0. The number of nitrogens with one attached hydrogen (secondary N) is 1. The molecular formula is C26H30N6O2S. The molecule has 9 heteroatoms. The van der Waals surface area contributed by atoms with Gasteiger partial charge < -0.3 is 10.2 Å². The summed E-state index contributed by atoms with van der Waals surface area (Å²) in [5.41, 5.74) is 4.80. The van der Waals surface area contributed by atoms with Gasteiger partial charge in [-0.25, -0.2) is 18.1 Å². The Labute approximate surface area is 206 Å². The van der Waals surface area contributed by atoms with Crippen LogP contribution in [0.5, 0.6) is 0 Å². The lowest BCUT2D eigenvalue weighted by Crippen LogP contribution is -2.46. The fourth-order valence-electron chi connectivity index (χ4n) is 4.49. The zero-order valence-corrected chi connectivity index (χ0v) is 21.1. The van der Waals surface area contributed by atoms with Gasteiger partial charge in [-0.15, -0.1) is 0 Å². The molecule has 5 rings (SSSR count). The molecule has 0 radical (unpaired) electrons. The van der Waals surface area contributed by atoms with E-state index in [1.54, 1.807) is 16.4 Å². The van der Waals surface area contributed by atoms with Gasteiger partial charge >= 0.3 is 0 Å². The Bertz CT molecular complexity index is 1440. The minimum absolute atomic E-state index is 0.337. The van der Waals surface area contributed by atoms with Crippen molar-refractivity contribution in [1.29, 1.82) is 0 Å². The number of para-hydroxylation sites is 1. The number of fused-ring (bicyclic) bond motifs is 1. The van der Waals surface area contributed by atoms with Crippen LogP contribution in [0.25, 0.3) is 16.7 Å². The number of piperazine rings is 1. The minimum Gasteiger partial charge on any atom is -0.366 e. The van der Waals surface area contributed by atoms with Crippen LogP contribution in [0.4, 0.5) is 5.82 Å². The minimum atomic E-state index is -3.46. The fourth-order valence-corrected chi connectivity index (χ4v) is 5.92. The summed E-state index contributed by atoms with van der Waals surface area (Å²) in [6.07, 6.45) is 0. The van der Waals surface area contributed by atoms with E-state index in [2.05, 4.69) is 17.1 Å². The number of aryl methyl sites for hydroxylation is 2. The van der Waals surface area contributed by atoms with Crippen LogP contribution in [0.2, 0.25) is 0 Å². The molecular weight excluding hydrogens is 460 g/mol. The van der Waals surface area contributed by atoms with Crippen molar-refractivity contribution in [2.75, 3.05) is 38.5 Å². The first kappa shape index (κ1) is 23.5. The molecule has 4 aromatic rings. The molecule has 35 heavy (non-hydrogen) atoms. The number of pyridine rings is 1. The molecule has 0 saturated carbocycles. The third-order valence-electron chi connectivity index (χ3n) is 6.51. The van der Waals surface area contributed by atoms with Crippen LogP contribution < -0.4 is 5.32 Å². The summed E-state index contributed by atoms with van der Waals surface area (Å²) < 4.78 is 29.4. The number of benzene rings is 2. The van der Waals surface area contributed by atoms with Gasteiger partial charge in [-0.3, -0.25) is 0 Å². The molecule has 1 aliphatic heterocycles. The first-order chi connectivity index (χ1) is 16.8. The van der Waals surface area contributed by atoms with Gasteiger partial charge in [-0.2, -0.15) is 9.40 Å². The Morgan fingerprint density at radius 1 is 0.943 bits per heavy atom. The molecule has 1 N–H and O–H groups in total. The van der Waals surface area contributed by atoms with E-state index in [1.165, 1.54) is 0 Å². The lowest BCUT2D eigenvalue weighted by molar-refractivity contribution is 0.222. The molecule has 0 atom stereocenters. The summed E-state index contributed by atoms with van der Waals surface area (Å²) in [6.45, 7) is 7.15. The van der Waals surface area contributed by atoms with Gasteiger partial charge in [0.2, 0.25) is 10.0 Å². The van der Waals surface area contributed by atoms with Gasteiger partial charge in [-0.1, -0.05) is 30.3 Å². The summed E-state index contributed by atoms with van der Waals surface area (Å²) in [6, 6.07) is 19.1. The molecule has 1 aliphatic rings. The Hall–Kier alpha value is -3.27. The Morgan fingerprint density at radius 2 is 1.63 bits per heavy atom. The predicted octanol–water partition coefficient (Wildman–Crippen LogP) is 3.59. The Morgan fingerprint density at radius 3 is 2.31 bits per heavy atom. The molecule has 2 aromatic carbocycles. The topological polar surface area (TPSA) is 83.4 Å². The average Bonchev–Trinajstić information content (AvgIpc) is 3.20. The maximum atomic E-state index is 13.0. The number of hydrogen-bond donors (Lipinski definition) is 1. The highest BCUT2D eigenvalue weighted by atomic mass is 32.2. The largest absolute Gasteiger partial charge is 0.366 e. The Balaban J connectivity index is 1.34. The Kier molecular flexibility index (Phi) is 6.31. The lowest BCUT2D eigenvalue weighted by Gasteiger charge is -2.31. The SMILES string of the molecule is Cc1cc(NCc2ccc(S(=O)(=O)N3CCN(C)CC3)cc2)nc2c1c(C)nn2-c1ccccc1. The smallest absolute Gasteiger partial charge is 0.243 e. The first-order valence-electron chi connectivity index (χ1n) is 11.8. The van der Waals surface area contributed by atoms with E-state index >= 15 is 0 Å². The van der Waals surface area contributed by atoms with Crippen LogP contribution >= 0.6 is 0 Å². The van der Waals surface area contributed by atoms with Gasteiger partial charge in [0.05, 0.1) is 16.3 Å². The van der Waals surface area contributed by atoms with Gasteiger partial charge in [0.25, 0.3) is 0 Å². The van der Waals surface area contributed by atoms with Crippen molar-refractivity contribution in [2.45, 2.75) is 25.3 Å². The number of aromatic nitrogens is 3. The van der Waals surface area contributed by atoms with E-state index in [1.807, 2.05) is 67.2 Å². The lowest BCUT2D eigenvalue weighted by atomic mass is 10.1. The number of anilines is 1. The predicted molar refractivity (Wildman–Crippen MR) is 138 cm³/mol. The van der Waals surface area contributed by atoms with Crippen LogP contribution in [-0.4, -0.2) is 65.6 Å². The van der Waals surface area contributed by atoms with E-state index in [-0.39, 0.29) is 0 Å². The zero-order valence-electron chi connectivity index (χ0n) is 20.3. The van der Waals surface area contributed by atoms with Crippen molar-refractivity contribution in [3.8, 4) is 5.69 Å². The summed E-state index contributed by atoms with van der Waals surface area (Å²) >= 11 is 0. The third-order valence-corrected chi connectivity index (χ3v) is 8.42. The van der Waals surface area contributed by atoms with Crippen LogP contribution in [-0.2, 0) is 16.6 Å². The van der Waals surface area contributed by atoms with Crippen molar-refractivity contribution in [3.63, 3.8) is 0 Å². The van der Waals surface area contributed by atoms with Crippen LogP contribution in [0.1, 0.15) is 16.8 Å². The molecule has 0 aliphatic carbocycles. The number of hydrogen-bond acceptors (Lipinski definition) is 6. The zero-order chi connectivity index (χ0) is 24.6. The van der Waals surface area contributed by atoms with Crippen molar-refractivity contribution >= 4 is 26.9 Å². The van der Waals surface area contributed by atoms with Gasteiger partial charge in [-0.05, 0) is 62.4 Å². The molecule has 1 saturated heterocycles. The van der Waals surface area contributed by atoms with E-state index in [9.17, 15) is 8.42 Å². The summed E-state index contributed by atoms with van der Waals surface area (Å²) in [4.78, 5) is 7.33. The quantitative estimate of drug-likeness (QED) is 0.445. The summed E-state index contributed by atoms with van der Waals surface area (Å²) in [5, 5.41) is 9.16. The highest BCUT2D eigenvalue weighted by molar-refractivity contribution is 7.89. The molecule has 8 nitrogen and oxygen atoms in total. The standard InChI is InChI=1S/C26H30N6O2S/c1-19-17-24(28-26-25(19)20(2)29-32(26)22-7-5-4-6-8-22)27-18-21-9-11-23(12-10-21)35(33,34)31-15-13-30(3)14-16-31/h4-12,17H,13-16,18H2,1-3H3,(H,27,28). The van der Waals surface area contributed by atoms with Crippen molar-refractivity contribution in [3.05, 3.63) is 77.5 Å². The fraction of sp³-hybridized carbons (Fsp3) is 0.308. The van der Waals surface area contributed by atoms with Crippen molar-refractivity contribution in [2.24, 2.45) is 0 Å². The van der Waals surface area contributed by atoms with Crippen molar-refractivity contribution < 1.29 is 8.42 Å². The second-order valence-electron chi connectivity index (χ2n) is 9.06. The summed E-state index contributed by atoms with van der Waals surface area (Å²) in [7, 11) is -1.45. The summed E-state index contributed by atoms with van der Waals surface area (Å²) in [5.74, 6) is 0.751. The van der Waals surface area contributed by atoms with Crippen LogP contribution in [0.3, 0.4) is 0 Å². The molecule has 182 valence electrons. The highest BCUT2D eigenvalue weighted by Gasteiger charge is 2.27. The molecule has 0 spiro atoms. The van der Waals surface area contributed by atoms with Gasteiger partial charge in [0, 0.05) is 38.1 Å². The molecule has 1 fully saturated rings. The van der Waals surface area contributed by atoms with Crippen LogP contribution in [0, 0.1) is 13.8 Å². The number of rotatable bonds is 6. The first-order valence-corrected chi connectivity index (χ1v) is 13.2. The number of likely N-dealkylation sites (N-methyl/N-ethyl adjacent to an activating group) is 1. The molecule has 2 aromatic heterocycles. The molecule has 0 bridgehead atoms. The number of sulfonamides is 1. The number of nitrogens with zero attached hydrogens (tertiary/aromatic N) is 5. The van der Waals surface area contributed by atoms with E-state index < -0.39 is 10.0 Å². The van der Waals surface area contributed by atoms with Crippen molar-refractivity contribution in [1.82, 2.24) is 24.0 Å². The normalized spacial score (nSPS) is 15.5. The monoisotopic (exact) mass is 490 g/mol. The van der Waals surface area contributed by atoms with E-state index in [0.29, 0.717) is 24.5 Å². The van der Waals surface area contributed by atoms with Gasteiger partial charge in [0.15, 0.2) is 5.65 Å². The van der Waals surface area contributed by atoms with E-state index in [4.69, 9.17) is 10.1 Å². The second-order valence-corrected chi connectivity index (χ2v) is 11.0. The highest BCUT2D eigenvalue weighted by Crippen LogP contribution is 2.26.